The van der Waals surface area contributed by atoms with E-state index in [-0.39, 0.29) is 5.91 Å². The third-order valence-corrected chi connectivity index (χ3v) is 3.23. The maximum Gasteiger partial charge on any atom is 0.279 e. The van der Waals surface area contributed by atoms with Crippen LogP contribution in [0.25, 0.3) is 0 Å². The zero-order chi connectivity index (χ0) is 16.5. The number of para-hydroxylation sites is 1. The minimum atomic E-state index is -0.702. The lowest BCUT2D eigenvalue weighted by molar-refractivity contribution is -0.132. The third kappa shape index (κ3) is 5.82. The molecule has 2 aromatic rings. The van der Waals surface area contributed by atoms with Gasteiger partial charge in [0.1, 0.15) is 5.75 Å². The number of carbonyl (C=O) groups excluding carboxylic acids is 2. The summed E-state index contributed by atoms with van der Waals surface area (Å²) in [6, 6.07) is 18.8. The van der Waals surface area contributed by atoms with Gasteiger partial charge in [-0.1, -0.05) is 48.5 Å². The number of hydrazine groups is 1. The van der Waals surface area contributed by atoms with E-state index in [4.69, 9.17) is 4.74 Å². The molecule has 1 unspecified atom stereocenters. The lowest BCUT2D eigenvalue weighted by Crippen LogP contribution is -2.47. The second kappa shape index (κ2) is 8.58. The van der Waals surface area contributed by atoms with Crippen LogP contribution in [-0.2, 0) is 16.0 Å². The molecule has 0 saturated heterocycles. The zero-order valence-electron chi connectivity index (χ0n) is 13.0. The van der Waals surface area contributed by atoms with Crippen LogP contribution in [0.4, 0.5) is 0 Å². The predicted molar refractivity (Wildman–Crippen MR) is 87.6 cm³/mol. The second-order valence-corrected chi connectivity index (χ2v) is 5.10. The standard InChI is InChI=1S/C18H20N2O3/c1-14(23-16-10-6-3-7-11-16)18(22)20-19-17(21)13-12-15-8-4-2-5-9-15/h2-11,14H,12-13H2,1H3,(H,19,21)(H,20,22). The van der Waals surface area contributed by atoms with Crippen LogP contribution in [0.3, 0.4) is 0 Å². The zero-order valence-corrected chi connectivity index (χ0v) is 13.0. The smallest absolute Gasteiger partial charge is 0.279 e. The van der Waals surface area contributed by atoms with Crippen LogP contribution in [0.5, 0.6) is 5.75 Å². The molecule has 0 heterocycles. The van der Waals surface area contributed by atoms with Crippen molar-refractivity contribution >= 4 is 11.8 Å². The van der Waals surface area contributed by atoms with Crippen LogP contribution < -0.4 is 15.6 Å². The maximum absolute atomic E-state index is 11.9. The topological polar surface area (TPSA) is 67.4 Å². The van der Waals surface area contributed by atoms with Crippen LogP contribution in [0, 0.1) is 0 Å². The molecular formula is C18H20N2O3. The molecule has 2 rings (SSSR count). The molecule has 0 aliphatic rings. The van der Waals surface area contributed by atoms with Gasteiger partial charge in [0.15, 0.2) is 6.10 Å². The lowest BCUT2D eigenvalue weighted by Gasteiger charge is -2.15. The van der Waals surface area contributed by atoms with Gasteiger partial charge in [0, 0.05) is 6.42 Å². The van der Waals surface area contributed by atoms with Crippen molar-refractivity contribution in [1.29, 1.82) is 0 Å². The molecule has 2 amide bonds. The Bertz CT molecular complexity index is 629. The first-order chi connectivity index (χ1) is 11.1. The van der Waals surface area contributed by atoms with E-state index in [9.17, 15) is 9.59 Å². The van der Waals surface area contributed by atoms with E-state index in [1.54, 1.807) is 19.1 Å². The fourth-order valence-corrected chi connectivity index (χ4v) is 1.95. The molecule has 23 heavy (non-hydrogen) atoms. The minimum absolute atomic E-state index is 0.242. The molecule has 5 nitrogen and oxygen atoms in total. The molecule has 0 radical (unpaired) electrons. The summed E-state index contributed by atoms with van der Waals surface area (Å²) in [6.07, 6.45) is 0.225. The Morgan fingerprint density at radius 3 is 2.22 bits per heavy atom. The normalized spacial score (nSPS) is 11.3. The van der Waals surface area contributed by atoms with E-state index < -0.39 is 12.0 Å². The maximum atomic E-state index is 11.9. The van der Waals surface area contributed by atoms with Crippen molar-refractivity contribution in [1.82, 2.24) is 10.9 Å². The number of rotatable bonds is 6. The van der Waals surface area contributed by atoms with Crippen LogP contribution in [-0.4, -0.2) is 17.9 Å². The Morgan fingerprint density at radius 2 is 1.57 bits per heavy atom. The average Bonchev–Trinajstić information content (AvgIpc) is 2.59. The first-order valence-electron chi connectivity index (χ1n) is 7.49. The molecule has 0 saturated carbocycles. The molecular weight excluding hydrogens is 292 g/mol. The van der Waals surface area contributed by atoms with Crippen LogP contribution in [0.2, 0.25) is 0 Å². The number of hydrogen-bond donors (Lipinski definition) is 2. The molecule has 0 fully saturated rings. The van der Waals surface area contributed by atoms with E-state index in [1.807, 2.05) is 48.5 Å². The predicted octanol–water partition coefficient (Wildman–Crippen LogP) is 2.23. The lowest BCUT2D eigenvalue weighted by atomic mass is 10.1. The second-order valence-electron chi connectivity index (χ2n) is 5.10. The van der Waals surface area contributed by atoms with E-state index in [1.165, 1.54) is 0 Å². The monoisotopic (exact) mass is 312 g/mol. The number of carbonyl (C=O) groups is 2. The van der Waals surface area contributed by atoms with Crippen molar-refractivity contribution in [3.05, 3.63) is 66.2 Å². The van der Waals surface area contributed by atoms with Gasteiger partial charge in [-0.05, 0) is 31.0 Å². The summed E-state index contributed by atoms with van der Waals surface area (Å²) in [5.41, 5.74) is 5.85. The third-order valence-electron chi connectivity index (χ3n) is 3.23. The summed E-state index contributed by atoms with van der Waals surface area (Å²) < 4.78 is 5.47. The fourth-order valence-electron chi connectivity index (χ4n) is 1.95. The summed E-state index contributed by atoms with van der Waals surface area (Å²) in [4.78, 5) is 23.6. The molecule has 0 bridgehead atoms. The van der Waals surface area contributed by atoms with Gasteiger partial charge in [-0.15, -0.1) is 0 Å². The van der Waals surface area contributed by atoms with Gasteiger partial charge in [0.2, 0.25) is 5.91 Å². The van der Waals surface area contributed by atoms with Gasteiger partial charge < -0.3 is 4.74 Å². The van der Waals surface area contributed by atoms with E-state index in [0.29, 0.717) is 18.6 Å². The molecule has 0 aliphatic carbocycles. The van der Waals surface area contributed by atoms with Crippen LogP contribution in [0.1, 0.15) is 18.9 Å². The summed E-state index contributed by atoms with van der Waals surface area (Å²) in [6.45, 7) is 1.62. The number of ether oxygens (including phenoxy) is 1. The Morgan fingerprint density at radius 1 is 0.957 bits per heavy atom. The number of nitrogens with one attached hydrogen (secondary N) is 2. The molecule has 2 N–H and O–H groups in total. The van der Waals surface area contributed by atoms with E-state index in [2.05, 4.69) is 10.9 Å². The first kappa shape index (κ1) is 16.5. The van der Waals surface area contributed by atoms with Crippen molar-refractivity contribution in [3.8, 4) is 5.75 Å². The Labute approximate surface area is 135 Å². The average molecular weight is 312 g/mol. The molecule has 2 aromatic carbocycles. The highest BCUT2D eigenvalue weighted by Crippen LogP contribution is 2.10. The fraction of sp³-hybridized carbons (Fsp3) is 0.222. The summed E-state index contributed by atoms with van der Waals surface area (Å²) in [5.74, 6) is -0.0402. The number of amides is 2. The van der Waals surface area contributed by atoms with Crippen molar-refractivity contribution in [2.45, 2.75) is 25.9 Å². The highest BCUT2D eigenvalue weighted by molar-refractivity contribution is 5.84. The summed E-state index contributed by atoms with van der Waals surface area (Å²) >= 11 is 0. The van der Waals surface area contributed by atoms with Gasteiger partial charge in [0.25, 0.3) is 5.91 Å². The number of benzene rings is 2. The Balaban J connectivity index is 1.70. The van der Waals surface area contributed by atoms with Crippen LogP contribution >= 0.6 is 0 Å². The minimum Gasteiger partial charge on any atom is -0.481 e. The first-order valence-corrected chi connectivity index (χ1v) is 7.49. The summed E-state index contributed by atoms with van der Waals surface area (Å²) in [5, 5.41) is 0. The number of aryl methyl sites for hydroxylation is 1. The molecule has 0 spiro atoms. The molecule has 0 aromatic heterocycles. The van der Waals surface area contributed by atoms with Gasteiger partial charge in [-0.2, -0.15) is 0 Å². The van der Waals surface area contributed by atoms with Crippen molar-refractivity contribution in [3.63, 3.8) is 0 Å². The van der Waals surface area contributed by atoms with Gasteiger partial charge in [-0.3, -0.25) is 20.4 Å². The summed E-state index contributed by atoms with van der Waals surface area (Å²) in [7, 11) is 0. The Kier molecular flexibility index (Phi) is 6.17. The molecule has 1 atom stereocenters. The van der Waals surface area contributed by atoms with Gasteiger partial charge >= 0.3 is 0 Å². The molecule has 0 aliphatic heterocycles. The van der Waals surface area contributed by atoms with Crippen molar-refractivity contribution < 1.29 is 14.3 Å². The molecule has 120 valence electrons. The van der Waals surface area contributed by atoms with Gasteiger partial charge in [-0.25, -0.2) is 0 Å². The SMILES string of the molecule is CC(Oc1ccccc1)C(=O)NNC(=O)CCc1ccccc1. The van der Waals surface area contributed by atoms with Crippen LogP contribution in [0.15, 0.2) is 60.7 Å². The van der Waals surface area contributed by atoms with Crippen molar-refractivity contribution in [2.75, 3.05) is 0 Å². The molecule has 5 heteroatoms. The van der Waals surface area contributed by atoms with Crippen molar-refractivity contribution in [2.24, 2.45) is 0 Å². The van der Waals surface area contributed by atoms with E-state index >= 15 is 0 Å². The highest BCUT2D eigenvalue weighted by atomic mass is 16.5. The quantitative estimate of drug-likeness (QED) is 0.804. The van der Waals surface area contributed by atoms with E-state index in [0.717, 1.165) is 5.56 Å². The highest BCUT2D eigenvalue weighted by Gasteiger charge is 2.15. The van der Waals surface area contributed by atoms with Gasteiger partial charge in [0.05, 0.1) is 0 Å². The number of hydrogen-bond acceptors (Lipinski definition) is 3. The Hall–Kier alpha value is -2.82. The largest absolute Gasteiger partial charge is 0.481 e.